The van der Waals surface area contributed by atoms with E-state index in [9.17, 15) is 0 Å². The largest absolute Gasteiger partial charge is 0.456 e. The molecule has 0 N–H and O–H groups in total. The van der Waals surface area contributed by atoms with Crippen LogP contribution in [0.15, 0.2) is 197 Å². The summed E-state index contributed by atoms with van der Waals surface area (Å²) >= 11 is 0. The van der Waals surface area contributed by atoms with E-state index in [4.69, 9.17) is 8.83 Å². The Labute approximate surface area is 336 Å². The van der Waals surface area contributed by atoms with Crippen LogP contribution in [0.5, 0.6) is 0 Å². The molecule has 3 nitrogen and oxygen atoms in total. The van der Waals surface area contributed by atoms with Gasteiger partial charge in [0.25, 0.3) is 0 Å². The Kier molecular flexibility index (Phi) is 6.98. The highest BCUT2D eigenvalue weighted by atomic mass is 16.3. The van der Waals surface area contributed by atoms with Gasteiger partial charge < -0.3 is 13.7 Å². The fourth-order valence-electron chi connectivity index (χ4n) is 9.59. The second-order valence-corrected chi connectivity index (χ2v) is 16.1. The zero-order valence-corrected chi connectivity index (χ0v) is 32.2. The molecule has 12 rings (SSSR count). The van der Waals surface area contributed by atoms with Crippen molar-refractivity contribution in [3.8, 4) is 33.4 Å². The molecule has 2 aromatic heterocycles. The number of fused-ring (bicyclic) bond motifs is 11. The minimum atomic E-state index is -0.128. The Hall–Kier alpha value is -7.36. The first-order chi connectivity index (χ1) is 28.5. The Morgan fingerprint density at radius 2 is 1.05 bits per heavy atom. The van der Waals surface area contributed by atoms with E-state index < -0.39 is 0 Å². The van der Waals surface area contributed by atoms with E-state index in [-0.39, 0.29) is 5.41 Å². The van der Waals surface area contributed by atoms with Gasteiger partial charge in [0.2, 0.25) is 0 Å². The summed E-state index contributed by atoms with van der Waals surface area (Å²) in [5, 5.41) is 6.85. The maximum absolute atomic E-state index is 6.60. The molecule has 0 saturated heterocycles. The van der Waals surface area contributed by atoms with Gasteiger partial charge in [-0.25, -0.2) is 0 Å². The van der Waals surface area contributed by atoms with Gasteiger partial charge in [-0.2, -0.15) is 0 Å². The van der Waals surface area contributed by atoms with Crippen LogP contribution in [-0.4, -0.2) is 0 Å². The number of benzene rings is 9. The summed E-state index contributed by atoms with van der Waals surface area (Å²) in [7, 11) is 0. The lowest BCUT2D eigenvalue weighted by molar-refractivity contribution is 0.660. The van der Waals surface area contributed by atoms with E-state index in [1.165, 1.54) is 27.6 Å². The van der Waals surface area contributed by atoms with Crippen molar-refractivity contribution < 1.29 is 8.83 Å². The minimum absolute atomic E-state index is 0.128. The molecule has 0 aliphatic heterocycles. The van der Waals surface area contributed by atoms with Crippen molar-refractivity contribution in [1.29, 1.82) is 0 Å². The molecule has 274 valence electrons. The first kappa shape index (κ1) is 32.8. The lowest BCUT2D eigenvalue weighted by atomic mass is 9.82. The third-order valence-electron chi connectivity index (χ3n) is 12.5. The molecule has 0 fully saturated rings. The van der Waals surface area contributed by atoms with Crippen molar-refractivity contribution in [3.63, 3.8) is 0 Å². The van der Waals surface area contributed by atoms with Crippen molar-refractivity contribution in [2.75, 3.05) is 4.90 Å². The van der Waals surface area contributed by atoms with Crippen LogP contribution < -0.4 is 4.90 Å². The second kappa shape index (κ2) is 12.3. The molecule has 3 heteroatoms. The average Bonchev–Trinajstić information content (AvgIpc) is 3.92. The number of anilines is 3. The Morgan fingerprint density at radius 3 is 1.97 bits per heavy atom. The van der Waals surface area contributed by atoms with E-state index in [0.29, 0.717) is 0 Å². The lowest BCUT2D eigenvalue weighted by Gasteiger charge is -2.28. The maximum atomic E-state index is 6.60. The predicted molar refractivity (Wildman–Crippen MR) is 242 cm³/mol. The fourth-order valence-corrected chi connectivity index (χ4v) is 9.59. The van der Waals surface area contributed by atoms with Crippen molar-refractivity contribution >= 4 is 71.7 Å². The van der Waals surface area contributed by atoms with Gasteiger partial charge in [0, 0.05) is 49.4 Å². The van der Waals surface area contributed by atoms with Crippen LogP contribution >= 0.6 is 0 Å². The van der Waals surface area contributed by atoms with Crippen molar-refractivity contribution in [2.24, 2.45) is 0 Å². The van der Waals surface area contributed by atoms with Gasteiger partial charge >= 0.3 is 0 Å². The normalized spacial score (nSPS) is 13.1. The van der Waals surface area contributed by atoms with Crippen LogP contribution in [0.2, 0.25) is 0 Å². The Morgan fingerprint density at radius 1 is 0.379 bits per heavy atom. The van der Waals surface area contributed by atoms with Gasteiger partial charge in [0.15, 0.2) is 0 Å². The average molecular weight is 744 g/mol. The van der Waals surface area contributed by atoms with Crippen molar-refractivity contribution in [3.05, 3.63) is 199 Å². The van der Waals surface area contributed by atoms with Crippen LogP contribution in [0.4, 0.5) is 17.1 Å². The molecule has 1 aliphatic rings. The molecular weight excluding hydrogens is 707 g/mol. The van der Waals surface area contributed by atoms with E-state index >= 15 is 0 Å². The summed E-state index contributed by atoms with van der Waals surface area (Å²) in [6, 6.07) is 67.8. The monoisotopic (exact) mass is 743 g/mol. The smallest absolute Gasteiger partial charge is 0.143 e. The van der Waals surface area contributed by atoms with Crippen LogP contribution in [-0.2, 0) is 5.41 Å². The zero-order chi connectivity index (χ0) is 38.5. The number of hydrogen-bond acceptors (Lipinski definition) is 3. The molecule has 2 heterocycles. The van der Waals surface area contributed by atoms with E-state index in [1.54, 1.807) is 0 Å². The second-order valence-electron chi connectivity index (χ2n) is 16.1. The zero-order valence-electron chi connectivity index (χ0n) is 32.2. The first-order valence-corrected chi connectivity index (χ1v) is 20.0. The van der Waals surface area contributed by atoms with Gasteiger partial charge in [0.05, 0.1) is 0 Å². The van der Waals surface area contributed by atoms with Gasteiger partial charge in [-0.1, -0.05) is 135 Å². The molecule has 0 radical (unpaired) electrons. The highest BCUT2D eigenvalue weighted by Crippen LogP contribution is 2.51. The standard InChI is InChI=1S/C55H37NO2/c1-55(2)48-18-7-5-15-43(48)44-30-27-40(33-49(44)55)56(38-25-21-34(22-26-38)36-24-28-46-45-16-6-8-19-50(45)57-52(46)32-36)39-13-9-12-37(31-39)41-17-10-20-51-53(41)47-29-23-35-11-3-4-14-42(35)54(47)58-51/h3-33H,1-2H3. The molecule has 58 heavy (non-hydrogen) atoms. The molecule has 1 aliphatic carbocycles. The van der Waals surface area contributed by atoms with E-state index in [1.807, 2.05) is 12.1 Å². The lowest BCUT2D eigenvalue weighted by Crippen LogP contribution is -2.16. The molecule has 0 bridgehead atoms. The predicted octanol–water partition coefficient (Wildman–Crippen LogP) is 15.7. The topological polar surface area (TPSA) is 29.5 Å². The van der Waals surface area contributed by atoms with Gasteiger partial charge in [-0.3, -0.25) is 0 Å². The van der Waals surface area contributed by atoms with Crippen LogP contribution in [0.1, 0.15) is 25.0 Å². The molecule has 0 spiro atoms. The first-order valence-electron chi connectivity index (χ1n) is 20.0. The van der Waals surface area contributed by atoms with Crippen LogP contribution in [0.3, 0.4) is 0 Å². The SMILES string of the molecule is CC1(C)c2ccccc2-c2ccc(N(c3ccc(-c4ccc5c(c4)oc4ccccc45)cc3)c3cccc(-c4cccc5oc6c7ccccc7ccc6c45)c3)cc21. The summed E-state index contributed by atoms with van der Waals surface area (Å²) in [5.74, 6) is 0. The van der Waals surface area contributed by atoms with E-state index in [0.717, 1.165) is 88.6 Å². The number of hydrogen-bond donors (Lipinski definition) is 0. The van der Waals surface area contributed by atoms with Crippen molar-refractivity contribution in [1.82, 2.24) is 0 Å². The third-order valence-corrected chi connectivity index (χ3v) is 12.5. The van der Waals surface area contributed by atoms with Crippen molar-refractivity contribution in [2.45, 2.75) is 19.3 Å². The number of furan rings is 2. The summed E-state index contributed by atoms with van der Waals surface area (Å²) in [5.41, 5.74) is 16.7. The number of para-hydroxylation sites is 1. The van der Waals surface area contributed by atoms with E-state index in [2.05, 4.69) is 195 Å². The Bertz CT molecular complexity index is 3440. The quantitative estimate of drug-likeness (QED) is 0.176. The summed E-state index contributed by atoms with van der Waals surface area (Å²) in [4.78, 5) is 2.40. The van der Waals surface area contributed by atoms with Gasteiger partial charge in [0.1, 0.15) is 22.3 Å². The molecule has 11 aromatic rings. The molecule has 0 atom stereocenters. The molecule has 0 saturated carbocycles. The maximum Gasteiger partial charge on any atom is 0.143 e. The summed E-state index contributed by atoms with van der Waals surface area (Å²) < 4.78 is 12.9. The van der Waals surface area contributed by atoms with Crippen LogP contribution in [0.25, 0.3) is 88.0 Å². The fraction of sp³-hybridized carbons (Fsp3) is 0.0545. The van der Waals surface area contributed by atoms with Gasteiger partial charge in [-0.15, -0.1) is 0 Å². The Balaban J connectivity index is 1.01. The number of nitrogens with zero attached hydrogens (tertiary/aromatic N) is 1. The molecular formula is C55H37NO2. The minimum Gasteiger partial charge on any atom is -0.456 e. The van der Waals surface area contributed by atoms with Gasteiger partial charge in [-0.05, 0) is 117 Å². The highest BCUT2D eigenvalue weighted by Gasteiger charge is 2.35. The third kappa shape index (κ3) is 4.86. The molecule has 0 unspecified atom stereocenters. The highest BCUT2D eigenvalue weighted by molar-refractivity contribution is 6.19. The molecule has 9 aromatic carbocycles. The number of rotatable bonds is 5. The van der Waals surface area contributed by atoms with Crippen LogP contribution in [0, 0.1) is 0 Å². The summed E-state index contributed by atoms with van der Waals surface area (Å²) in [6.07, 6.45) is 0. The summed E-state index contributed by atoms with van der Waals surface area (Å²) in [6.45, 7) is 4.69. The molecule has 0 amide bonds.